The van der Waals surface area contributed by atoms with Crippen LogP contribution in [-0.2, 0) is 21.4 Å². The zero-order chi connectivity index (χ0) is 55.4. The van der Waals surface area contributed by atoms with Crippen LogP contribution in [0.1, 0.15) is 146 Å². The van der Waals surface area contributed by atoms with Gasteiger partial charge in [-0.3, -0.25) is 15.1 Å². The molecule has 12 rings (SSSR count). The number of ether oxygens (including phenoxy) is 4. The summed E-state index contributed by atoms with van der Waals surface area (Å²) < 4.78 is 27.0. The second kappa shape index (κ2) is 22.3. The molecular formula is C67H88N4O9. The van der Waals surface area contributed by atoms with Crippen LogP contribution in [0.15, 0.2) is 59.6 Å². The van der Waals surface area contributed by atoms with Gasteiger partial charge in [-0.2, -0.15) is 0 Å². The van der Waals surface area contributed by atoms with E-state index in [4.69, 9.17) is 23.9 Å². The number of benzene rings is 2. The number of aliphatic imine (C=N–C) groups is 1. The van der Waals surface area contributed by atoms with Crippen molar-refractivity contribution in [3.05, 3.63) is 65.8 Å². The first kappa shape index (κ1) is 55.5. The average Bonchev–Trinajstić information content (AvgIpc) is 4.30. The third-order valence-corrected chi connectivity index (χ3v) is 22.9. The van der Waals surface area contributed by atoms with Crippen LogP contribution in [-0.4, -0.2) is 90.6 Å². The number of allylic oxidation sites excluding steroid dienone is 3. The number of hydrogen-bond acceptors (Lipinski definition) is 11. The van der Waals surface area contributed by atoms with Gasteiger partial charge < -0.3 is 50.0 Å². The molecule has 1 saturated heterocycles. The van der Waals surface area contributed by atoms with Gasteiger partial charge in [-0.1, -0.05) is 68.7 Å². The molecule has 7 aliphatic carbocycles. The summed E-state index contributed by atoms with van der Waals surface area (Å²) in [6, 6.07) is 13.3. The lowest BCUT2D eigenvalue weighted by atomic mass is 9.45. The summed E-state index contributed by atoms with van der Waals surface area (Å²) in [7, 11) is 5.30. The number of carbonyl (C=O) groups excluding carboxylic acids is 1. The number of nitrogens with zero attached hydrogens (tertiary/aromatic N) is 1. The van der Waals surface area contributed by atoms with Gasteiger partial charge in [-0.25, -0.2) is 0 Å². The first-order valence-corrected chi connectivity index (χ1v) is 30.9. The van der Waals surface area contributed by atoms with E-state index < -0.39 is 27.6 Å². The average molecular weight is 1090 g/mol. The fourth-order valence-electron chi connectivity index (χ4n) is 19.4. The SMILES string of the molecule is CCC1CCC2C(C1)C1C=CC(=O)C3(Cc4ccc(O)c(OC)c4)CCCC3CC#CNC(=NC)Nc3cc(cc4c3OC#CCC3CC(CNC)(CC35C=CC3CC6CCC(CO)C6OC3(O)C5)O4)C13CCCC3C2CCCO. The maximum Gasteiger partial charge on any atom is 0.207 e. The van der Waals surface area contributed by atoms with Crippen LogP contribution in [0.4, 0.5) is 5.69 Å². The zero-order valence-corrected chi connectivity index (χ0v) is 47.9. The molecule has 3 heterocycles. The maximum atomic E-state index is 15.9. The summed E-state index contributed by atoms with van der Waals surface area (Å²) in [6.07, 6.45) is 30.0. The number of methoxy groups -OCH3 is 1. The standard InChI is InChI=1S/C67H88N4O9/c1-5-42-16-20-50-51(14-9-29-72)53-15-7-26-66(53)49-34-55(71-62(69-3)70-28-8-12-46-11-6-25-65(46,59(75)23-21-54(66)52(50)31-42)36-43-17-22-56(74)57(32-43)77-4)61-58(35-49)79-64(41-68-2)37-48(13-10-30-78-61)63(39-64)27-24-47-33-44-18-19-45(38-73)60(44)80-67(47,76)40-63/h17,21-24,27,32,34-35,42,44-48,50-54,60,68,72-74,76H,5-7,9,11-16,18-20,25-26,29,31,33,36-41H2,1-4H3,(H2,69,70,71). The van der Waals surface area contributed by atoms with Gasteiger partial charge in [0.25, 0.3) is 0 Å². The minimum absolute atomic E-state index is 0.00308. The molecule has 10 aliphatic rings. The molecule has 7 N–H and O–H groups in total. The lowest BCUT2D eigenvalue weighted by molar-refractivity contribution is -0.307. The first-order valence-electron chi connectivity index (χ1n) is 30.9. The number of nitrogens with one attached hydrogen (secondary N) is 3. The van der Waals surface area contributed by atoms with Crippen molar-refractivity contribution in [2.45, 2.75) is 165 Å². The number of aliphatic hydroxyl groups excluding tert-OH is 2. The molecule has 6 saturated carbocycles. The van der Waals surface area contributed by atoms with Crippen LogP contribution in [0.3, 0.4) is 0 Å². The van der Waals surface area contributed by atoms with Crippen LogP contribution in [0, 0.1) is 99.9 Å². The largest absolute Gasteiger partial charge is 0.504 e. The van der Waals surface area contributed by atoms with Gasteiger partial charge >= 0.3 is 0 Å². The van der Waals surface area contributed by atoms with Crippen molar-refractivity contribution in [3.63, 3.8) is 0 Å². The van der Waals surface area contributed by atoms with Crippen LogP contribution in [0.25, 0.3) is 0 Å². The molecule has 2 aromatic rings. The second-order valence-corrected chi connectivity index (χ2v) is 26.6. The number of guanidine groups is 1. The second-order valence-electron chi connectivity index (χ2n) is 26.6. The molecule has 13 heteroatoms. The Hall–Kier alpha value is -5.02. The number of hydrogen-bond donors (Lipinski definition) is 7. The predicted octanol–water partition coefficient (Wildman–Crippen LogP) is 9.95. The molecule has 17 atom stereocenters. The Balaban J connectivity index is 1.01. The van der Waals surface area contributed by atoms with Crippen molar-refractivity contribution >= 4 is 17.4 Å². The van der Waals surface area contributed by atoms with Gasteiger partial charge in [0.15, 0.2) is 28.8 Å². The van der Waals surface area contributed by atoms with Crippen molar-refractivity contribution in [1.82, 2.24) is 10.6 Å². The number of likely N-dealkylation sites (N-methyl/N-ethyl adjacent to an activating group) is 1. The Labute approximate surface area is 474 Å². The van der Waals surface area contributed by atoms with E-state index in [-0.39, 0.29) is 66.4 Å². The molecular weight excluding hydrogens is 1000 g/mol. The summed E-state index contributed by atoms with van der Waals surface area (Å²) in [5.74, 6) is 9.98. The van der Waals surface area contributed by atoms with Crippen LogP contribution in [0.2, 0.25) is 0 Å². The smallest absolute Gasteiger partial charge is 0.207 e. The van der Waals surface area contributed by atoms with E-state index in [1.807, 2.05) is 25.3 Å². The molecule has 2 spiro atoms. The van der Waals surface area contributed by atoms with Crippen molar-refractivity contribution in [3.8, 4) is 47.0 Å². The summed E-state index contributed by atoms with van der Waals surface area (Å²) in [5, 5.41) is 55.0. The maximum absolute atomic E-state index is 15.9. The quantitative estimate of drug-likeness (QED) is 0.0885. The highest BCUT2D eigenvalue weighted by Gasteiger charge is 2.64. The van der Waals surface area contributed by atoms with Crippen LogP contribution < -0.4 is 30.2 Å². The van der Waals surface area contributed by atoms with Crippen molar-refractivity contribution in [1.29, 1.82) is 0 Å². The molecule has 17 unspecified atom stereocenters. The minimum atomic E-state index is -1.38. The lowest BCUT2D eigenvalue weighted by Gasteiger charge is -2.59. The molecule has 0 aromatic heterocycles. The molecule has 0 amide bonds. The number of phenolic OH excluding ortho intramolecular Hbond substituents is 1. The number of aromatic hydroxyl groups is 1. The fraction of sp³-hybridized carbons (Fsp3) is 0.672. The third-order valence-electron chi connectivity index (χ3n) is 22.9. The normalized spacial score (nSPS) is 40.8. The summed E-state index contributed by atoms with van der Waals surface area (Å²) in [4.78, 5) is 20.6. The van der Waals surface area contributed by atoms with Crippen LogP contribution in [0.5, 0.6) is 23.0 Å². The van der Waals surface area contributed by atoms with Crippen molar-refractivity contribution in [2.75, 3.05) is 46.3 Å². The van der Waals surface area contributed by atoms with Crippen LogP contribution >= 0.6 is 0 Å². The molecule has 0 radical (unpaired) electrons. The molecule has 2 aromatic carbocycles. The first-order chi connectivity index (χ1) is 38.9. The van der Waals surface area contributed by atoms with Gasteiger partial charge in [0.05, 0.1) is 18.9 Å². The number of fused-ring (bicyclic) bond motifs is 12. The Morgan fingerprint density at radius 2 is 1.82 bits per heavy atom. The lowest BCUT2D eigenvalue weighted by Crippen LogP contribution is -2.56. The predicted molar refractivity (Wildman–Crippen MR) is 309 cm³/mol. The van der Waals surface area contributed by atoms with Gasteiger partial charge in [0, 0.05) is 80.2 Å². The highest BCUT2D eigenvalue weighted by atomic mass is 16.6. The molecule has 80 heavy (non-hydrogen) atoms. The molecule has 3 aliphatic heterocycles. The van der Waals surface area contributed by atoms with Gasteiger partial charge in [-0.05, 0) is 192 Å². The Kier molecular flexibility index (Phi) is 15.5. The van der Waals surface area contributed by atoms with Gasteiger partial charge in [0.2, 0.25) is 11.7 Å². The Morgan fingerprint density at radius 3 is 2.64 bits per heavy atom. The number of ketones is 1. The van der Waals surface area contributed by atoms with E-state index in [0.29, 0.717) is 104 Å². The van der Waals surface area contributed by atoms with E-state index in [9.17, 15) is 20.4 Å². The van der Waals surface area contributed by atoms with Gasteiger partial charge in [-0.15, -0.1) is 0 Å². The monoisotopic (exact) mass is 1090 g/mol. The zero-order valence-electron chi connectivity index (χ0n) is 47.9. The van der Waals surface area contributed by atoms with Crippen molar-refractivity contribution in [2.24, 2.45) is 80.9 Å². The number of rotatable bonds is 10. The Morgan fingerprint density at radius 1 is 0.963 bits per heavy atom. The highest BCUT2D eigenvalue weighted by Crippen LogP contribution is 2.68. The van der Waals surface area contributed by atoms with E-state index in [2.05, 4.69) is 77.2 Å². The summed E-state index contributed by atoms with van der Waals surface area (Å²) in [5.41, 5.74) is 0.421. The fourth-order valence-corrected chi connectivity index (χ4v) is 19.4. The Bertz CT molecular complexity index is 2880. The third kappa shape index (κ3) is 9.55. The van der Waals surface area contributed by atoms with E-state index in [1.165, 1.54) is 6.42 Å². The number of carbonyl (C=O) groups is 1. The van der Waals surface area contributed by atoms with Crippen molar-refractivity contribution < 1.29 is 44.2 Å². The van der Waals surface area contributed by atoms with Gasteiger partial charge in [0.1, 0.15) is 11.7 Å². The number of aliphatic hydroxyl groups is 3. The highest BCUT2D eigenvalue weighted by molar-refractivity contribution is 5.97. The number of phenols is 1. The molecule has 430 valence electrons. The topological polar surface area (TPSA) is 183 Å². The molecule has 13 nitrogen and oxygen atoms in total. The molecule has 4 bridgehead atoms. The summed E-state index contributed by atoms with van der Waals surface area (Å²) in [6.45, 7) is 3.11. The van der Waals surface area contributed by atoms with E-state index in [0.717, 1.165) is 101 Å². The minimum Gasteiger partial charge on any atom is -0.504 e. The van der Waals surface area contributed by atoms with E-state index >= 15 is 4.79 Å². The molecule has 7 fully saturated rings. The number of anilines is 1. The van der Waals surface area contributed by atoms with E-state index in [1.54, 1.807) is 20.2 Å². The summed E-state index contributed by atoms with van der Waals surface area (Å²) >= 11 is 0.